The molecule has 0 aliphatic carbocycles. The number of hydrogen-bond acceptors (Lipinski definition) is 4. The Hall–Kier alpha value is -4.26. The fourth-order valence-corrected chi connectivity index (χ4v) is 4.92. The smallest absolute Gasteiger partial charge is 0.272 e. The molecule has 4 aromatic rings. The van der Waals surface area contributed by atoms with Crippen LogP contribution in [-0.2, 0) is 18.4 Å². The molecule has 1 unspecified atom stereocenters. The Morgan fingerprint density at radius 3 is 2.40 bits per heavy atom. The molecule has 1 atom stereocenters. The molecule has 1 aromatic heterocycles. The molecule has 0 saturated carbocycles. The van der Waals surface area contributed by atoms with Gasteiger partial charge in [0, 0.05) is 35.6 Å². The minimum Gasteiger partial charge on any atom is -0.497 e. The molecule has 0 bridgehead atoms. The summed E-state index contributed by atoms with van der Waals surface area (Å²) in [5, 5.41) is 3.95. The van der Waals surface area contributed by atoms with Crippen molar-refractivity contribution in [2.24, 2.45) is 7.05 Å². The van der Waals surface area contributed by atoms with Crippen molar-refractivity contribution in [3.05, 3.63) is 95.2 Å². The predicted octanol–water partition coefficient (Wildman–Crippen LogP) is 4.06. The average molecular weight is 470 g/mol. The molecule has 0 spiro atoms. The van der Waals surface area contributed by atoms with Crippen LogP contribution in [0.4, 0.5) is 0 Å². The first-order chi connectivity index (χ1) is 17.0. The summed E-state index contributed by atoms with van der Waals surface area (Å²) in [5.41, 5.74) is 4.33. The second-order valence-corrected chi connectivity index (χ2v) is 8.54. The van der Waals surface area contributed by atoms with Crippen LogP contribution in [0.25, 0.3) is 10.9 Å². The van der Waals surface area contributed by atoms with Gasteiger partial charge in [-0.3, -0.25) is 9.59 Å². The summed E-state index contributed by atoms with van der Waals surface area (Å²) in [4.78, 5) is 28.4. The molecule has 1 N–H and O–H groups in total. The summed E-state index contributed by atoms with van der Waals surface area (Å²) in [6.45, 7) is 0.252. The molecule has 5 rings (SSSR count). The number of carbonyl (C=O) groups is 2. The van der Waals surface area contributed by atoms with E-state index in [2.05, 4.69) is 5.32 Å². The zero-order valence-electron chi connectivity index (χ0n) is 19.9. The lowest BCUT2D eigenvalue weighted by Gasteiger charge is -2.26. The minimum absolute atomic E-state index is 0.0618. The van der Waals surface area contributed by atoms with E-state index in [1.807, 2.05) is 84.4 Å². The standard InChI is InChI=1S/C28H27N3O4/c1-30-22-10-6-5-9-21(22)25-26(18-12-14-20(34-2)15-13-18)31(28(33)27(25)30)17-24(32)29-16-19-8-4-7-11-23(19)35-3/h4-15,26H,16-17H2,1-3H3,(H,29,32). The van der Waals surface area contributed by atoms with E-state index in [0.717, 1.165) is 33.3 Å². The van der Waals surface area contributed by atoms with Gasteiger partial charge in [-0.2, -0.15) is 0 Å². The van der Waals surface area contributed by atoms with Crippen LogP contribution in [0, 0.1) is 0 Å². The number of para-hydroxylation sites is 2. The van der Waals surface area contributed by atoms with E-state index in [4.69, 9.17) is 9.47 Å². The molecule has 0 radical (unpaired) electrons. The van der Waals surface area contributed by atoms with Crippen LogP contribution in [0.5, 0.6) is 11.5 Å². The highest BCUT2D eigenvalue weighted by Gasteiger charge is 2.42. The van der Waals surface area contributed by atoms with Crippen LogP contribution >= 0.6 is 0 Å². The third kappa shape index (κ3) is 3.89. The molecule has 0 fully saturated rings. The van der Waals surface area contributed by atoms with Gasteiger partial charge in [0.15, 0.2) is 0 Å². The molecule has 2 amide bonds. The first kappa shape index (κ1) is 22.5. The number of nitrogens with one attached hydrogen (secondary N) is 1. The van der Waals surface area contributed by atoms with Gasteiger partial charge in [0.1, 0.15) is 23.7 Å². The number of fused-ring (bicyclic) bond motifs is 3. The van der Waals surface area contributed by atoms with E-state index < -0.39 is 0 Å². The molecule has 0 saturated heterocycles. The summed E-state index contributed by atoms with van der Waals surface area (Å²) in [5.74, 6) is 1.05. The molecule has 2 heterocycles. The number of nitrogens with zero attached hydrogens (tertiary/aromatic N) is 2. The zero-order chi connectivity index (χ0) is 24.5. The highest BCUT2D eigenvalue weighted by molar-refractivity contribution is 6.07. The van der Waals surface area contributed by atoms with E-state index in [-0.39, 0.29) is 24.4 Å². The van der Waals surface area contributed by atoms with E-state index in [9.17, 15) is 9.59 Å². The molecule has 178 valence electrons. The first-order valence-corrected chi connectivity index (χ1v) is 11.4. The number of carbonyl (C=O) groups excluding carboxylic acids is 2. The normalized spacial score (nSPS) is 14.8. The molecule has 35 heavy (non-hydrogen) atoms. The maximum Gasteiger partial charge on any atom is 0.272 e. The third-order valence-corrected chi connectivity index (χ3v) is 6.61. The molecular weight excluding hydrogens is 442 g/mol. The van der Waals surface area contributed by atoms with Crippen LogP contribution < -0.4 is 14.8 Å². The Bertz CT molecular complexity index is 1410. The number of aryl methyl sites for hydroxylation is 1. The SMILES string of the molecule is COc1ccc(C2c3c(n(C)c4ccccc34)C(=O)N2CC(=O)NCc2ccccc2OC)cc1. The monoisotopic (exact) mass is 469 g/mol. The van der Waals surface area contributed by atoms with Crippen molar-refractivity contribution in [2.45, 2.75) is 12.6 Å². The number of ether oxygens (including phenoxy) is 2. The number of methoxy groups -OCH3 is 2. The van der Waals surface area contributed by atoms with Gasteiger partial charge in [-0.1, -0.05) is 48.5 Å². The molecule has 7 nitrogen and oxygen atoms in total. The van der Waals surface area contributed by atoms with Gasteiger partial charge in [-0.15, -0.1) is 0 Å². The van der Waals surface area contributed by atoms with Crippen molar-refractivity contribution in [2.75, 3.05) is 20.8 Å². The molecule has 3 aromatic carbocycles. The van der Waals surface area contributed by atoms with Gasteiger partial charge >= 0.3 is 0 Å². The predicted molar refractivity (Wildman–Crippen MR) is 134 cm³/mol. The number of amides is 2. The Kier molecular flexibility index (Phi) is 5.91. The van der Waals surface area contributed by atoms with Gasteiger partial charge in [0.05, 0.1) is 20.3 Å². The average Bonchev–Trinajstić information content (AvgIpc) is 3.35. The largest absolute Gasteiger partial charge is 0.497 e. The maximum absolute atomic E-state index is 13.7. The lowest BCUT2D eigenvalue weighted by Crippen LogP contribution is -2.39. The Morgan fingerprint density at radius 2 is 1.66 bits per heavy atom. The van der Waals surface area contributed by atoms with Crippen LogP contribution in [0.1, 0.15) is 33.2 Å². The van der Waals surface area contributed by atoms with Gasteiger partial charge in [0.2, 0.25) is 5.91 Å². The van der Waals surface area contributed by atoms with Gasteiger partial charge in [-0.05, 0) is 29.8 Å². The van der Waals surface area contributed by atoms with Crippen molar-refractivity contribution in [3.8, 4) is 11.5 Å². The quantitative estimate of drug-likeness (QED) is 0.443. The lowest BCUT2D eigenvalue weighted by molar-refractivity contribution is -0.122. The second kappa shape index (κ2) is 9.18. The summed E-state index contributed by atoms with van der Waals surface area (Å²) < 4.78 is 12.6. The highest BCUT2D eigenvalue weighted by Crippen LogP contribution is 2.44. The zero-order valence-corrected chi connectivity index (χ0v) is 19.9. The lowest BCUT2D eigenvalue weighted by atomic mass is 9.98. The van der Waals surface area contributed by atoms with E-state index in [1.165, 1.54) is 0 Å². The Morgan fingerprint density at radius 1 is 0.943 bits per heavy atom. The van der Waals surface area contributed by atoms with Crippen LogP contribution in [-0.4, -0.2) is 42.0 Å². The van der Waals surface area contributed by atoms with Crippen molar-refractivity contribution in [3.63, 3.8) is 0 Å². The molecule has 1 aliphatic rings. The summed E-state index contributed by atoms with van der Waals surface area (Å²) in [6, 6.07) is 22.8. The number of aromatic nitrogens is 1. The maximum atomic E-state index is 13.7. The van der Waals surface area contributed by atoms with Crippen molar-refractivity contribution in [1.82, 2.24) is 14.8 Å². The summed E-state index contributed by atoms with van der Waals surface area (Å²) in [6.07, 6.45) is 0. The highest BCUT2D eigenvalue weighted by atomic mass is 16.5. The molecule has 7 heteroatoms. The summed E-state index contributed by atoms with van der Waals surface area (Å²) in [7, 11) is 5.12. The van der Waals surface area contributed by atoms with Crippen LogP contribution in [0.2, 0.25) is 0 Å². The number of rotatable bonds is 7. The topological polar surface area (TPSA) is 72.8 Å². The van der Waals surface area contributed by atoms with Gasteiger partial charge in [0.25, 0.3) is 5.91 Å². The van der Waals surface area contributed by atoms with Gasteiger partial charge in [-0.25, -0.2) is 0 Å². The summed E-state index contributed by atoms with van der Waals surface area (Å²) >= 11 is 0. The molecular formula is C28H27N3O4. The fraction of sp³-hybridized carbons (Fsp3) is 0.214. The van der Waals surface area contributed by atoms with E-state index in [1.54, 1.807) is 19.1 Å². The van der Waals surface area contributed by atoms with Crippen molar-refractivity contribution >= 4 is 22.7 Å². The fourth-order valence-electron chi connectivity index (χ4n) is 4.92. The third-order valence-electron chi connectivity index (χ3n) is 6.61. The minimum atomic E-state index is -0.383. The Labute approximate surface area is 203 Å². The van der Waals surface area contributed by atoms with E-state index >= 15 is 0 Å². The molecule has 1 aliphatic heterocycles. The van der Waals surface area contributed by atoms with Crippen LogP contribution in [0.15, 0.2) is 72.8 Å². The first-order valence-electron chi connectivity index (χ1n) is 11.4. The van der Waals surface area contributed by atoms with Crippen LogP contribution in [0.3, 0.4) is 0 Å². The second-order valence-electron chi connectivity index (χ2n) is 8.54. The van der Waals surface area contributed by atoms with Crippen molar-refractivity contribution in [1.29, 1.82) is 0 Å². The number of hydrogen-bond donors (Lipinski definition) is 1. The van der Waals surface area contributed by atoms with E-state index in [0.29, 0.717) is 18.0 Å². The Balaban J connectivity index is 1.48. The van der Waals surface area contributed by atoms with Gasteiger partial charge < -0.3 is 24.3 Å². The van der Waals surface area contributed by atoms with Crippen molar-refractivity contribution < 1.29 is 19.1 Å². The number of benzene rings is 3.